The normalized spacial score (nSPS) is 11.1. The molecule has 3 aromatic rings. The van der Waals surface area contributed by atoms with E-state index in [2.05, 4.69) is 20.7 Å². The smallest absolute Gasteiger partial charge is 0.338 e. The van der Waals surface area contributed by atoms with E-state index in [1.54, 1.807) is 16.3 Å². The minimum absolute atomic E-state index is 0.0259. The summed E-state index contributed by atoms with van der Waals surface area (Å²) in [5, 5.41) is 6.66. The Labute approximate surface area is 166 Å². The summed E-state index contributed by atoms with van der Waals surface area (Å²) < 4.78 is 33.4. The van der Waals surface area contributed by atoms with E-state index in [0.717, 1.165) is 10.6 Å². The van der Waals surface area contributed by atoms with Crippen molar-refractivity contribution < 1.29 is 17.9 Å². The molecule has 0 bridgehead atoms. The zero-order valence-corrected chi connectivity index (χ0v) is 16.5. The van der Waals surface area contributed by atoms with Crippen LogP contribution in [0.4, 0.5) is 0 Å². The first-order valence-corrected chi connectivity index (χ1v) is 10.4. The standard InChI is InChI=1S/C18H16N4O4S2/c1-3-7-20-28(24,25)16-6-4-5-13(8-16)18(23)26-11-15-12-27-17(21-15)14-9-19-22(2)10-14/h1,4-6,8-10,12,20H,7,11H2,2H3. The average Bonchev–Trinajstić information content (AvgIpc) is 3.33. The van der Waals surface area contributed by atoms with Crippen LogP contribution in [0.1, 0.15) is 16.1 Å². The van der Waals surface area contributed by atoms with Gasteiger partial charge in [0.2, 0.25) is 10.0 Å². The first-order valence-electron chi connectivity index (χ1n) is 8.03. The molecule has 10 heteroatoms. The van der Waals surface area contributed by atoms with E-state index < -0.39 is 16.0 Å². The molecule has 0 aliphatic rings. The number of benzene rings is 1. The van der Waals surface area contributed by atoms with Crippen LogP contribution in [0.15, 0.2) is 46.9 Å². The van der Waals surface area contributed by atoms with Crippen LogP contribution in [0.25, 0.3) is 10.6 Å². The number of rotatable bonds is 7. The third-order valence-corrected chi connectivity index (χ3v) is 5.94. The number of hydrogen-bond donors (Lipinski definition) is 1. The number of nitrogens with zero attached hydrogens (tertiary/aromatic N) is 3. The number of aromatic nitrogens is 3. The van der Waals surface area contributed by atoms with Crippen LogP contribution in [0, 0.1) is 12.3 Å². The Bertz CT molecular complexity index is 1140. The maximum absolute atomic E-state index is 12.3. The van der Waals surface area contributed by atoms with Gasteiger partial charge in [-0.1, -0.05) is 12.0 Å². The largest absolute Gasteiger partial charge is 0.456 e. The maximum Gasteiger partial charge on any atom is 0.338 e. The minimum Gasteiger partial charge on any atom is -0.456 e. The SMILES string of the molecule is C#CCNS(=O)(=O)c1cccc(C(=O)OCc2csc(-c3cnn(C)c3)n2)c1. The van der Waals surface area contributed by atoms with Gasteiger partial charge in [-0.2, -0.15) is 9.82 Å². The number of carbonyl (C=O) groups excluding carboxylic acids is 1. The second kappa shape index (κ2) is 8.35. The van der Waals surface area contributed by atoms with Gasteiger partial charge in [-0.3, -0.25) is 4.68 Å². The number of sulfonamides is 1. The quantitative estimate of drug-likeness (QED) is 0.465. The zero-order valence-electron chi connectivity index (χ0n) is 14.8. The summed E-state index contributed by atoms with van der Waals surface area (Å²) >= 11 is 1.42. The van der Waals surface area contributed by atoms with Crippen molar-refractivity contribution in [1.29, 1.82) is 0 Å². The lowest BCUT2D eigenvalue weighted by atomic mass is 10.2. The zero-order chi connectivity index (χ0) is 20.1. The molecular formula is C18H16N4O4S2. The van der Waals surface area contributed by atoms with Crippen molar-refractivity contribution in [2.75, 3.05) is 6.54 Å². The molecule has 0 saturated heterocycles. The van der Waals surface area contributed by atoms with E-state index in [4.69, 9.17) is 11.2 Å². The molecule has 8 nitrogen and oxygen atoms in total. The monoisotopic (exact) mass is 416 g/mol. The van der Waals surface area contributed by atoms with Crippen LogP contribution in [-0.2, 0) is 28.4 Å². The number of esters is 1. The first-order chi connectivity index (χ1) is 13.4. The average molecular weight is 416 g/mol. The molecule has 1 N–H and O–H groups in total. The highest BCUT2D eigenvalue weighted by molar-refractivity contribution is 7.89. The van der Waals surface area contributed by atoms with Gasteiger partial charge in [-0.15, -0.1) is 17.8 Å². The highest BCUT2D eigenvalue weighted by atomic mass is 32.2. The number of carbonyl (C=O) groups is 1. The van der Waals surface area contributed by atoms with Gasteiger partial charge in [0.1, 0.15) is 11.6 Å². The topological polar surface area (TPSA) is 103 Å². The Kier molecular flexibility index (Phi) is 5.89. The molecule has 2 aromatic heterocycles. The Morgan fingerprint density at radius 2 is 2.25 bits per heavy atom. The maximum atomic E-state index is 12.3. The molecule has 1 aromatic carbocycles. The van der Waals surface area contributed by atoms with Crippen molar-refractivity contribution >= 4 is 27.3 Å². The lowest BCUT2D eigenvalue weighted by Crippen LogP contribution is -2.24. The molecule has 2 heterocycles. The minimum atomic E-state index is -3.79. The number of hydrogen-bond acceptors (Lipinski definition) is 7. The molecule has 0 aliphatic carbocycles. The van der Waals surface area contributed by atoms with E-state index in [1.807, 2.05) is 13.2 Å². The summed E-state index contributed by atoms with van der Waals surface area (Å²) in [5.41, 5.74) is 1.59. The van der Waals surface area contributed by atoms with Gasteiger partial charge in [0, 0.05) is 24.2 Å². The van der Waals surface area contributed by atoms with Crippen LogP contribution in [0.2, 0.25) is 0 Å². The van der Waals surface area contributed by atoms with Gasteiger partial charge in [0.15, 0.2) is 0 Å². The van der Waals surface area contributed by atoms with Crippen LogP contribution in [0.5, 0.6) is 0 Å². The van der Waals surface area contributed by atoms with E-state index in [1.165, 1.54) is 35.6 Å². The van der Waals surface area contributed by atoms with E-state index >= 15 is 0 Å². The molecular weight excluding hydrogens is 400 g/mol. The van der Waals surface area contributed by atoms with Gasteiger partial charge < -0.3 is 4.74 Å². The Hall–Kier alpha value is -3.00. The fourth-order valence-electron chi connectivity index (χ4n) is 2.27. The molecule has 144 valence electrons. The highest BCUT2D eigenvalue weighted by Gasteiger charge is 2.17. The van der Waals surface area contributed by atoms with Crippen LogP contribution >= 0.6 is 11.3 Å². The van der Waals surface area contributed by atoms with Gasteiger partial charge in [0.25, 0.3) is 0 Å². The predicted octanol–water partition coefficient (Wildman–Crippen LogP) is 1.81. The second-order valence-electron chi connectivity index (χ2n) is 5.68. The Morgan fingerprint density at radius 3 is 2.96 bits per heavy atom. The van der Waals surface area contributed by atoms with E-state index in [9.17, 15) is 13.2 Å². The highest BCUT2D eigenvalue weighted by Crippen LogP contribution is 2.23. The van der Waals surface area contributed by atoms with Crippen LogP contribution in [0.3, 0.4) is 0 Å². The summed E-state index contributed by atoms with van der Waals surface area (Å²) in [7, 11) is -1.97. The molecule has 0 spiro atoms. The number of terminal acetylenes is 1. The third kappa shape index (κ3) is 4.64. The van der Waals surface area contributed by atoms with Crippen LogP contribution < -0.4 is 4.72 Å². The van der Waals surface area contributed by atoms with E-state index in [-0.39, 0.29) is 23.6 Å². The molecule has 0 radical (unpaired) electrons. The first kappa shape index (κ1) is 19.8. The van der Waals surface area contributed by atoms with Crippen molar-refractivity contribution in [3.63, 3.8) is 0 Å². The number of ether oxygens (including phenoxy) is 1. The Morgan fingerprint density at radius 1 is 1.43 bits per heavy atom. The fraction of sp³-hybridized carbons (Fsp3) is 0.167. The van der Waals surface area contributed by atoms with Crippen molar-refractivity contribution in [3.05, 3.63) is 53.3 Å². The summed E-state index contributed by atoms with van der Waals surface area (Å²) in [6, 6.07) is 5.55. The van der Waals surface area contributed by atoms with Gasteiger partial charge in [-0.25, -0.2) is 18.2 Å². The fourth-order valence-corrected chi connectivity index (χ4v) is 4.03. The lowest BCUT2D eigenvalue weighted by Gasteiger charge is -2.07. The molecule has 0 saturated carbocycles. The number of thiazole rings is 1. The predicted molar refractivity (Wildman–Crippen MR) is 104 cm³/mol. The molecule has 0 atom stereocenters. The summed E-state index contributed by atoms with van der Waals surface area (Å²) in [6.07, 6.45) is 8.61. The molecule has 0 fully saturated rings. The Balaban J connectivity index is 1.66. The molecule has 0 amide bonds. The molecule has 28 heavy (non-hydrogen) atoms. The van der Waals surface area contributed by atoms with Crippen molar-refractivity contribution in [2.24, 2.45) is 7.05 Å². The number of nitrogens with one attached hydrogen (secondary N) is 1. The van der Waals surface area contributed by atoms with Gasteiger partial charge >= 0.3 is 5.97 Å². The van der Waals surface area contributed by atoms with Gasteiger partial charge in [-0.05, 0) is 18.2 Å². The van der Waals surface area contributed by atoms with Crippen LogP contribution in [-0.4, -0.2) is 35.7 Å². The summed E-state index contributed by atoms with van der Waals surface area (Å²) in [4.78, 5) is 16.6. The lowest BCUT2D eigenvalue weighted by molar-refractivity contribution is 0.0468. The summed E-state index contributed by atoms with van der Waals surface area (Å²) in [5.74, 6) is 1.54. The molecule has 0 aliphatic heterocycles. The van der Waals surface area contributed by atoms with Gasteiger partial charge in [0.05, 0.1) is 28.9 Å². The number of aryl methyl sites for hydroxylation is 1. The van der Waals surface area contributed by atoms with Crippen molar-refractivity contribution in [1.82, 2.24) is 19.5 Å². The molecule has 3 rings (SSSR count). The van der Waals surface area contributed by atoms with Crippen molar-refractivity contribution in [2.45, 2.75) is 11.5 Å². The second-order valence-corrected chi connectivity index (χ2v) is 8.30. The molecule has 0 unspecified atom stereocenters. The van der Waals surface area contributed by atoms with Crippen molar-refractivity contribution in [3.8, 4) is 22.9 Å². The van der Waals surface area contributed by atoms with E-state index in [0.29, 0.717) is 5.69 Å². The third-order valence-electron chi connectivity index (χ3n) is 3.60. The summed E-state index contributed by atoms with van der Waals surface area (Å²) in [6.45, 7) is -0.165.